The Balaban J connectivity index is 1.62. The number of carbonyl (C=O) groups is 2. The minimum absolute atomic E-state index is 0.0119. The number of fused-ring (bicyclic) bond motifs is 2. The Morgan fingerprint density at radius 3 is 2.29 bits per heavy atom. The molecule has 21 heavy (non-hydrogen) atoms. The molecule has 112 valence electrons. The number of hydrogen-bond acceptors (Lipinski definition) is 2. The molecule has 0 aromatic heterocycles. The van der Waals surface area contributed by atoms with E-state index in [2.05, 4.69) is 5.32 Å². The zero-order chi connectivity index (χ0) is 14.8. The van der Waals surface area contributed by atoms with Crippen molar-refractivity contribution in [1.82, 2.24) is 4.90 Å². The smallest absolute Gasteiger partial charge is 0.321 e. The van der Waals surface area contributed by atoms with Gasteiger partial charge in [-0.3, -0.25) is 4.79 Å². The predicted octanol–water partition coefficient (Wildman–Crippen LogP) is 3.54. The van der Waals surface area contributed by atoms with Crippen LogP contribution in [-0.2, 0) is 0 Å². The number of urea groups is 1. The monoisotopic (exact) mass is 286 g/mol. The molecule has 1 aliphatic heterocycles. The minimum Gasteiger partial charge on any atom is -0.324 e. The van der Waals surface area contributed by atoms with Crippen molar-refractivity contribution in [2.45, 2.75) is 32.6 Å². The summed E-state index contributed by atoms with van der Waals surface area (Å²) in [6.07, 6.45) is 5.12. The molecule has 2 amide bonds. The Morgan fingerprint density at radius 1 is 1.10 bits per heavy atom. The van der Waals surface area contributed by atoms with Crippen LogP contribution in [0.15, 0.2) is 24.3 Å². The molecular formula is C17H22N2O2. The first kappa shape index (κ1) is 14.1. The number of ketones is 1. The molecule has 2 atom stereocenters. The standard InChI is InChI=1S/C17H22N2O2/c1-12(20)15-5-7-16(8-6-15)18-17(21)19-10-13-3-2-4-14(9-13)11-19/h5-8,13-14H,2-4,9-11H2,1H3,(H,18,21). The second-order valence-electron chi connectivity index (χ2n) is 6.37. The van der Waals surface area contributed by atoms with E-state index in [0.29, 0.717) is 17.4 Å². The van der Waals surface area contributed by atoms with Gasteiger partial charge in [-0.2, -0.15) is 0 Å². The van der Waals surface area contributed by atoms with E-state index in [9.17, 15) is 9.59 Å². The van der Waals surface area contributed by atoms with Gasteiger partial charge < -0.3 is 10.2 Å². The number of likely N-dealkylation sites (tertiary alicyclic amines) is 1. The van der Waals surface area contributed by atoms with Crippen molar-refractivity contribution < 1.29 is 9.59 Å². The van der Waals surface area contributed by atoms with E-state index in [0.717, 1.165) is 18.8 Å². The van der Waals surface area contributed by atoms with Gasteiger partial charge in [-0.05, 0) is 62.3 Å². The number of anilines is 1. The summed E-state index contributed by atoms with van der Waals surface area (Å²) in [6, 6.07) is 7.08. The van der Waals surface area contributed by atoms with Crippen LogP contribution >= 0.6 is 0 Å². The molecule has 1 aromatic rings. The van der Waals surface area contributed by atoms with Crippen molar-refractivity contribution in [1.29, 1.82) is 0 Å². The van der Waals surface area contributed by atoms with Crippen LogP contribution in [0.1, 0.15) is 43.0 Å². The number of hydrogen-bond donors (Lipinski definition) is 1. The highest BCUT2D eigenvalue weighted by Gasteiger charge is 2.32. The third-order valence-corrected chi connectivity index (χ3v) is 4.68. The molecule has 2 unspecified atom stereocenters. The van der Waals surface area contributed by atoms with E-state index >= 15 is 0 Å². The molecule has 1 N–H and O–H groups in total. The maximum atomic E-state index is 12.4. The Hall–Kier alpha value is -1.84. The topological polar surface area (TPSA) is 49.4 Å². The molecule has 4 nitrogen and oxygen atoms in total. The molecule has 1 saturated carbocycles. The normalized spacial score (nSPS) is 24.5. The molecule has 1 heterocycles. The fraction of sp³-hybridized carbons (Fsp3) is 0.529. The van der Waals surface area contributed by atoms with Gasteiger partial charge >= 0.3 is 6.03 Å². The molecule has 2 fully saturated rings. The van der Waals surface area contributed by atoms with E-state index in [-0.39, 0.29) is 11.8 Å². The number of nitrogens with zero attached hydrogens (tertiary/aromatic N) is 1. The molecule has 1 saturated heterocycles. The minimum atomic E-state index is -0.0119. The van der Waals surface area contributed by atoms with Gasteiger partial charge in [0.2, 0.25) is 0 Å². The third kappa shape index (κ3) is 3.26. The highest BCUT2D eigenvalue weighted by molar-refractivity contribution is 5.95. The summed E-state index contributed by atoms with van der Waals surface area (Å²) < 4.78 is 0. The molecule has 1 aromatic carbocycles. The van der Waals surface area contributed by atoms with Crippen molar-refractivity contribution in [3.05, 3.63) is 29.8 Å². The second kappa shape index (κ2) is 5.88. The lowest BCUT2D eigenvalue weighted by Crippen LogP contribution is -2.47. The lowest BCUT2D eigenvalue weighted by Gasteiger charge is -2.41. The number of carbonyl (C=O) groups excluding carboxylic acids is 2. The quantitative estimate of drug-likeness (QED) is 0.845. The Kier molecular flexibility index (Phi) is 3.95. The fourth-order valence-corrected chi connectivity index (χ4v) is 3.59. The molecule has 0 spiro atoms. The number of benzene rings is 1. The van der Waals surface area contributed by atoms with Gasteiger partial charge in [0.25, 0.3) is 0 Å². The molecule has 0 radical (unpaired) electrons. The average molecular weight is 286 g/mol. The zero-order valence-corrected chi connectivity index (χ0v) is 12.5. The van der Waals surface area contributed by atoms with E-state index in [4.69, 9.17) is 0 Å². The van der Waals surface area contributed by atoms with Gasteiger partial charge in [0.05, 0.1) is 0 Å². The van der Waals surface area contributed by atoms with Crippen LogP contribution in [0.2, 0.25) is 0 Å². The van der Waals surface area contributed by atoms with Gasteiger partial charge in [-0.15, -0.1) is 0 Å². The lowest BCUT2D eigenvalue weighted by molar-refractivity contribution is 0.101. The van der Waals surface area contributed by atoms with E-state index in [1.807, 2.05) is 4.90 Å². The lowest BCUT2D eigenvalue weighted by atomic mass is 9.78. The highest BCUT2D eigenvalue weighted by Crippen LogP contribution is 2.34. The summed E-state index contributed by atoms with van der Waals surface area (Å²) in [7, 11) is 0. The number of nitrogens with one attached hydrogen (secondary N) is 1. The van der Waals surface area contributed by atoms with Gasteiger partial charge in [-0.1, -0.05) is 6.42 Å². The maximum absolute atomic E-state index is 12.4. The van der Waals surface area contributed by atoms with Gasteiger partial charge in [0.1, 0.15) is 0 Å². The number of piperidine rings is 1. The van der Waals surface area contributed by atoms with Crippen LogP contribution in [0.4, 0.5) is 10.5 Å². The van der Waals surface area contributed by atoms with E-state index in [1.165, 1.54) is 25.7 Å². The first-order chi connectivity index (χ1) is 10.1. The molecule has 4 heteroatoms. The van der Waals surface area contributed by atoms with Crippen LogP contribution in [0.3, 0.4) is 0 Å². The van der Waals surface area contributed by atoms with Crippen LogP contribution in [0, 0.1) is 11.8 Å². The average Bonchev–Trinajstić information content (AvgIpc) is 2.47. The number of Topliss-reactive ketones (excluding diaryl/α,β-unsaturated/α-hetero) is 1. The second-order valence-corrected chi connectivity index (χ2v) is 6.37. The van der Waals surface area contributed by atoms with Crippen LogP contribution in [0.25, 0.3) is 0 Å². The van der Waals surface area contributed by atoms with Gasteiger partial charge in [-0.25, -0.2) is 4.79 Å². The van der Waals surface area contributed by atoms with E-state index in [1.54, 1.807) is 31.2 Å². The summed E-state index contributed by atoms with van der Waals surface area (Å²) in [4.78, 5) is 25.6. The van der Waals surface area contributed by atoms with Crippen LogP contribution in [-0.4, -0.2) is 29.8 Å². The summed E-state index contributed by atoms with van der Waals surface area (Å²) in [6.45, 7) is 3.31. The first-order valence-electron chi connectivity index (χ1n) is 7.79. The van der Waals surface area contributed by atoms with Crippen molar-refractivity contribution >= 4 is 17.5 Å². The van der Waals surface area contributed by atoms with Gasteiger partial charge in [0.15, 0.2) is 5.78 Å². The van der Waals surface area contributed by atoms with Crippen molar-refractivity contribution in [2.24, 2.45) is 11.8 Å². The number of rotatable bonds is 2. The molecule has 2 bridgehead atoms. The molecular weight excluding hydrogens is 264 g/mol. The largest absolute Gasteiger partial charge is 0.324 e. The Bertz CT molecular complexity index is 526. The first-order valence-corrected chi connectivity index (χ1v) is 7.79. The van der Waals surface area contributed by atoms with Gasteiger partial charge in [0, 0.05) is 24.3 Å². The van der Waals surface area contributed by atoms with E-state index < -0.39 is 0 Å². The van der Waals surface area contributed by atoms with Crippen LogP contribution < -0.4 is 5.32 Å². The molecule has 3 rings (SSSR count). The third-order valence-electron chi connectivity index (χ3n) is 4.68. The SMILES string of the molecule is CC(=O)c1ccc(NC(=O)N2CC3CCCC(C3)C2)cc1. The highest BCUT2D eigenvalue weighted by atomic mass is 16.2. The Morgan fingerprint density at radius 2 is 1.71 bits per heavy atom. The Labute approximate surface area is 125 Å². The van der Waals surface area contributed by atoms with Crippen molar-refractivity contribution in [3.8, 4) is 0 Å². The summed E-state index contributed by atoms with van der Waals surface area (Å²) in [5.74, 6) is 1.41. The summed E-state index contributed by atoms with van der Waals surface area (Å²) in [5, 5.41) is 2.94. The maximum Gasteiger partial charge on any atom is 0.321 e. The van der Waals surface area contributed by atoms with Crippen molar-refractivity contribution in [3.63, 3.8) is 0 Å². The van der Waals surface area contributed by atoms with Crippen molar-refractivity contribution in [2.75, 3.05) is 18.4 Å². The van der Waals surface area contributed by atoms with Crippen LogP contribution in [0.5, 0.6) is 0 Å². The summed E-state index contributed by atoms with van der Waals surface area (Å²) >= 11 is 0. The molecule has 1 aliphatic carbocycles. The summed E-state index contributed by atoms with van der Waals surface area (Å²) in [5.41, 5.74) is 1.42. The predicted molar refractivity (Wildman–Crippen MR) is 82.5 cm³/mol. The number of amides is 2. The molecule has 2 aliphatic rings. The fourth-order valence-electron chi connectivity index (χ4n) is 3.59. The zero-order valence-electron chi connectivity index (χ0n) is 12.5.